The van der Waals surface area contributed by atoms with E-state index in [9.17, 15) is 4.79 Å². The first-order chi connectivity index (χ1) is 7.77. The molecule has 1 fully saturated rings. The summed E-state index contributed by atoms with van der Waals surface area (Å²) < 4.78 is 5.26. The van der Waals surface area contributed by atoms with E-state index >= 15 is 0 Å². The van der Waals surface area contributed by atoms with Gasteiger partial charge in [-0.2, -0.15) is 0 Å². The summed E-state index contributed by atoms with van der Waals surface area (Å²) in [5.41, 5.74) is 0. The lowest BCUT2D eigenvalue weighted by Gasteiger charge is -2.29. The molecule has 4 nitrogen and oxygen atoms in total. The van der Waals surface area contributed by atoms with Crippen LogP contribution in [0.4, 0.5) is 0 Å². The van der Waals surface area contributed by atoms with Crippen molar-refractivity contribution >= 4 is 5.91 Å². The molecule has 1 N–H and O–H groups in total. The Morgan fingerprint density at radius 1 is 1.56 bits per heavy atom. The van der Waals surface area contributed by atoms with Gasteiger partial charge in [-0.3, -0.25) is 4.79 Å². The lowest BCUT2D eigenvalue weighted by atomic mass is 10.0. The maximum atomic E-state index is 12.1. The third kappa shape index (κ3) is 2.64. The van der Waals surface area contributed by atoms with Gasteiger partial charge in [0.1, 0.15) is 5.76 Å². The Morgan fingerprint density at radius 2 is 2.31 bits per heavy atom. The van der Waals surface area contributed by atoms with E-state index in [1.807, 2.05) is 24.0 Å². The molecule has 0 radical (unpaired) electrons. The molecule has 4 heteroatoms. The van der Waals surface area contributed by atoms with Crippen molar-refractivity contribution in [1.29, 1.82) is 0 Å². The van der Waals surface area contributed by atoms with Crippen LogP contribution in [-0.4, -0.2) is 37.0 Å². The number of hydrogen-bond acceptors (Lipinski definition) is 3. The Labute approximate surface area is 95.6 Å². The first kappa shape index (κ1) is 11.2. The van der Waals surface area contributed by atoms with Crippen LogP contribution in [0.1, 0.15) is 12.7 Å². The zero-order valence-electron chi connectivity index (χ0n) is 9.61. The first-order valence-corrected chi connectivity index (χ1v) is 5.79. The summed E-state index contributed by atoms with van der Waals surface area (Å²) in [6, 6.07) is 3.78. The molecule has 16 heavy (non-hydrogen) atoms. The lowest BCUT2D eigenvalue weighted by molar-refractivity contribution is -0.135. The number of amides is 1. The Bertz CT molecular complexity index is 329. The van der Waals surface area contributed by atoms with Gasteiger partial charge in [0.2, 0.25) is 5.91 Å². The van der Waals surface area contributed by atoms with E-state index in [0.717, 1.165) is 31.9 Å². The zero-order chi connectivity index (χ0) is 11.4. The van der Waals surface area contributed by atoms with E-state index in [-0.39, 0.29) is 11.8 Å². The van der Waals surface area contributed by atoms with Crippen molar-refractivity contribution in [2.75, 3.05) is 26.2 Å². The number of carbonyl (C=O) groups excluding carboxylic acids is 1. The Kier molecular flexibility index (Phi) is 3.62. The number of nitrogens with one attached hydrogen (secondary N) is 1. The van der Waals surface area contributed by atoms with Crippen LogP contribution >= 0.6 is 0 Å². The topological polar surface area (TPSA) is 45.5 Å². The molecule has 1 amide bonds. The van der Waals surface area contributed by atoms with Gasteiger partial charge in [0.05, 0.1) is 6.26 Å². The van der Waals surface area contributed by atoms with Crippen LogP contribution in [-0.2, 0) is 11.2 Å². The molecule has 0 saturated carbocycles. The average molecular weight is 222 g/mol. The molecule has 0 aliphatic carbocycles. The monoisotopic (exact) mass is 222 g/mol. The Hall–Kier alpha value is -1.29. The van der Waals surface area contributed by atoms with Crippen LogP contribution in [0.2, 0.25) is 0 Å². The third-order valence-corrected chi connectivity index (χ3v) is 2.94. The highest BCUT2D eigenvalue weighted by atomic mass is 16.3. The summed E-state index contributed by atoms with van der Waals surface area (Å²) in [5, 5.41) is 3.24. The molecule has 0 bridgehead atoms. The van der Waals surface area contributed by atoms with E-state index in [4.69, 9.17) is 4.42 Å². The highest BCUT2D eigenvalue weighted by Crippen LogP contribution is 2.12. The quantitative estimate of drug-likeness (QED) is 0.826. The summed E-state index contributed by atoms with van der Waals surface area (Å²) >= 11 is 0. The molecule has 1 aromatic heterocycles. The maximum absolute atomic E-state index is 12.1. The minimum absolute atomic E-state index is 0.00394. The molecule has 88 valence electrons. The van der Waals surface area contributed by atoms with Crippen molar-refractivity contribution in [3.63, 3.8) is 0 Å². The SMILES string of the molecule is CC(Cc1ccco1)C(=O)N1CCNCC1. The highest BCUT2D eigenvalue weighted by Gasteiger charge is 2.22. The molecule has 0 spiro atoms. The van der Waals surface area contributed by atoms with Crippen LogP contribution in [0.15, 0.2) is 22.8 Å². The van der Waals surface area contributed by atoms with Crippen LogP contribution in [0.25, 0.3) is 0 Å². The number of rotatable bonds is 3. The van der Waals surface area contributed by atoms with Gasteiger partial charge in [-0.25, -0.2) is 0 Å². The van der Waals surface area contributed by atoms with Gasteiger partial charge >= 0.3 is 0 Å². The van der Waals surface area contributed by atoms with Gasteiger partial charge in [0.25, 0.3) is 0 Å². The molecule has 1 atom stereocenters. The largest absolute Gasteiger partial charge is 0.469 e. The summed E-state index contributed by atoms with van der Waals surface area (Å²) in [6.45, 7) is 5.41. The molecule has 1 unspecified atom stereocenters. The average Bonchev–Trinajstić information content (AvgIpc) is 2.82. The van der Waals surface area contributed by atoms with Gasteiger partial charge in [-0.05, 0) is 12.1 Å². The minimum Gasteiger partial charge on any atom is -0.469 e. The van der Waals surface area contributed by atoms with Crippen LogP contribution in [0.3, 0.4) is 0 Å². The fourth-order valence-corrected chi connectivity index (χ4v) is 2.01. The fraction of sp³-hybridized carbons (Fsp3) is 0.583. The van der Waals surface area contributed by atoms with E-state index in [2.05, 4.69) is 5.32 Å². The normalized spacial score (nSPS) is 18.4. The second-order valence-electron chi connectivity index (χ2n) is 4.26. The van der Waals surface area contributed by atoms with Crippen molar-refractivity contribution in [3.05, 3.63) is 24.2 Å². The second-order valence-corrected chi connectivity index (χ2v) is 4.26. The zero-order valence-corrected chi connectivity index (χ0v) is 9.61. The molecule has 1 aliphatic heterocycles. The van der Waals surface area contributed by atoms with Crippen molar-refractivity contribution in [2.24, 2.45) is 5.92 Å². The number of hydrogen-bond donors (Lipinski definition) is 1. The summed E-state index contributed by atoms with van der Waals surface area (Å²) in [6.07, 6.45) is 2.34. The molecule has 2 rings (SSSR count). The predicted molar refractivity (Wildman–Crippen MR) is 61.0 cm³/mol. The molecular weight excluding hydrogens is 204 g/mol. The Balaban J connectivity index is 1.88. The summed E-state index contributed by atoms with van der Waals surface area (Å²) in [5.74, 6) is 1.12. The first-order valence-electron chi connectivity index (χ1n) is 5.79. The summed E-state index contributed by atoms with van der Waals surface area (Å²) in [7, 11) is 0. The lowest BCUT2D eigenvalue weighted by Crippen LogP contribution is -2.48. The predicted octanol–water partition coefficient (Wildman–Crippen LogP) is 0.890. The Morgan fingerprint density at radius 3 is 2.94 bits per heavy atom. The maximum Gasteiger partial charge on any atom is 0.225 e. The molecule has 1 aliphatic rings. The number of nitrogens with zero attached hydrogens (tertiary/aromatic N) is 1. The van der Waals surface area contributed by atoms with Gasteiger partial charge in [-0.15, -0.1) is 0 Å². The molecule has 1 saturated heterocycles. The number of piperazine rings is 1. The van der Waals surface area contributed by atoms with Crippen LogP contribution < -0.4 is 5.32 Å². The minimum atomic E-state index is 0.00394. The third-order valence-electron chi connectivity index (χ3n) is 2.94. The fourth-order valence-electron chi connectivity index (χ4n) is 2.01. The van der Waals surface area contributed by atoms with E-state index in [0.29, 0.717) is 6.42 Å². The molecule has 2 heterocycles. The number of furan rings is 1. The second kappa shape index (κ2) is 5.16. The standard InChI is InChI=1S/C12H18N2O2/c1-10(9-11-3-2-8-16-11)12(15)14-6-4-13-5-7-14/h2-3,8,10,13H,4-7,9H2,1H3. The van der Waals surface area contributed by atoms with E-state index in [1.165, 1.54) is 0 Å². The van der Waals surface area contributed by atoms with Crippen LogP contribution in [0.5, 0.6) is 0 Å². The highest BCUT2D eigenvalue weighted by molar-refractivity contribution is 5.78. The van der Waals surface area contributed by atoms with Gasteiger partial charge < -0.3 is 14.6 Å². The van der Waals surface area contributed by atoms with Crippen molar-refractivity contribution < 1.29 is 9.21 Å². The number of carbonyl (C=O) groups is 1. The molecule has 1 aromatic rings. The van der Waals surface area contributed by atoms with E-state index in [1.54, 1.807) is 6.26 Å². The van der Waals surface area contributed by atoms with Gasteiger partial charge in [0, 0.05) is 38.5 Å². The van der Waals surface area contributed by atoms with Gasteiger partial charge in [-0.1, -0.05) is 6.92 Å². The van der Waals surface area contributed by atoms with Crippen molar-refractivity contribution in [1.82, 2.24) is 10.2 Å². The van der Waals surface area contributed by atoms with Crippen molar-refractivity contribution in [2.45, 2.75) is 13.3 Å². The summed E-state index contributed by atoms with van der Waals surface area (Å²) in [4.78, 5) is 14.0. The van der Waals surface area contributed by atoms with Crippen molar-refractivity contribution in [3.8, 4) is 0 Å². The van der Waals surface area contributed by atoms with E-state index < -0.39 is 0 Å². The van der Waals surface area contributed by atoms with Gasteiger partial charge in [0.15, 0.2) is 0 Å². The molecule has 0 aromatic carbocycles. The smallest absolute Gasteiger partial charge is 0.225 e. The molecular formula is C12H18N2O2. The van der Waals surface area contributed by atoms with Crippen LogP contribution in [0, 0.1) is 5.92 Å².